The van der Waals surface area contributed by atoms with Gasteiger partial charge in [-0.3, -0.25) is 0 Å². The van der Waals surface area contributed by atoms with Crippen LogP contribution in [0, 0.1) is 0 Å². The Hall–Kier alpha value is 0.843. The second kappa shape index (κ2) is 4.84. The van der Waals surface area contributed by atoms with Crippen molar-refractivity contribution in [2.24, 2.45) is 0 Å². The second-order valence-corrected chi connectivity index (χ2v) is 0.575. The predicted octanol–water partition coefficient (Wildman–Crippen LogP) is 2.12. The molecule has 0 nitrogen and oxygen atoms in total. The van der Waals surface area contributed by atoms with Crippen LogP contribution in [-0.2, 0) is 19.5 Å². The molecule has 0 amide bonds. The summed E-state index contributed by atoms with van der Waals surface area (Å²) in [6.45, 7) is 0. The van der Waals surface area contributed by atoms with Crippen molar-refractivity contribution in [2.75, 3.05) is 0 Å². The van der Waals surface area contributed by atoms with Crippen LogP contribution in [0.25, 0.3) is 0 Å². The first kappa shape index (κ1) is 9.28. The molecule has 0 fully saturated rings. The van der Waals surface area contributed by atoms with E-state index in [9.17, 15) is 12.6 Å². The summed E-state index contributed by atoms with van der Waals surface area (Å²) in [6.07, 6.45) is 0. The largest absolute Gasteiger partial charge is 2.00 e. The van der Waals surface area contributed by atoms with Crippen molar-refractivity contribution in [1.82, 2.24) is 0 Å². The topological polar surface area (TPSA) is 0 Å². The Balaban J connectivity index is 0. The van der Waals surface area contributed by atoms with Crippen LogP contribution in [0.4, 0.5) is 12.6 Å². The van der Waals surface area contributed by atoms with Crippen molar-refractivity contribution < 1.29 is 32.1 Å². The van der Waals surface area contributed by atoms with Gasteiger partial charge in [0.15, 0.2) is 0 Å². The van der Waals surface area contributed by atoms with Gasteiger partial charge in [-0.15, -0.1) is 0 Å². The monoisotopic (exact) mass is 190 g/mol. The molecule has 0 unspecified atom stereocenters. The Labute approximate surface area is 41.6 Å². The maximum Gasteiger partial charge on any atom is 2.00 e. The molecule has 0 rings (SSSR count). The van der Waals surface area contributed by atoms with Crippen molar-refractivity contribution >= 4 is 8.85 Å². The minimum absolute atomic E-state index is 0. The average molecular weight is 189 g/mol. The molecule has 0 aromatic carbocycles. The minimum Gasteiger partial charge on any atom is -0.152 e. The summed E-state index contributed by atoms with van der Waals surface area (Å²) in [5.41, 5.74) is 0. The maximum atomic E-state index is 9.73. The average Bonchev–Trinajstić information content (AvgIpc) is 0.811. The first-order valence-electron chi connectivity index (χ1n) is 0.507. The zero-order valence-electron chi connectivity index (χ0n) is 1.93. The third-order valence-corrected chi connectivity index (χ3v) is 0. The zero-order chi connectivity index (χ0) is 3.58. The Morgan fingerprint density at radius 1 is 1.00 bits per heavy atom. The van der Waals surface area contributed by atoms with Crippen molar-refractivity contribution in [2.45, 2.75) is 0 Å². The standard InChI is InChI=1S/F3P.Ru/c1-4(2)3;/q;+2. The van der Waals surface area contributed by atoms with E-state index in [4.69, 9.17) is 0 Å². The fourth-order valence-electron chi connectivity index (χ4n) is 0. The number of hydrogen-bond donors (Lipinski definition) is 0. The molecule has 0 heterocycles. The molecule has 0 N–H and O–H groups in total. The second-order valence-electron chi connectivity index (χ2n) is 0.192. The van der Waals surface area contributed by atoms with Crippen molar-refractivity contribution in [3.05, 3.63) is 0 Å². The molecule has 0 aromatic heterocycles. The summed E-state index contributed by atoms with van der Waals surface area (Å²) < 4.78 is 29.2. The first-order valence-corrected chi connectivity index (χ1v) is 1.52. The molecular weight excluding hydrogens is 189 g/mol. The van der Waals surface area contributed by atoms with Crippen LogP contribution in [0.15, 0.2) is 0 Å². The minimum atomic E-state index is -4.12. The van der Waals surface area contributed by atoms with Gasteiger partial charge in [-0.25, -0.2) is 0 Å². The van der Waals surface area contributed by atoms with Gasteiger partial charge in [-0.05, 0) is 0 Å². The number of halogens is 3. The molecule has 0 radical (unpaired) electrons. The molecule has 0 saturated heterocycles. The Morgan fingerprint density at radius 2 is 1.00 bits per heavy atom. The van der Waals surface area contributed by atoms with Crippen LogP contribution < -0.4 is 0 Å². The van der Waals surface area contributed by atoms with Gasteiger partial charge in [0.2, 0.25) is 0 Å². The third-order valence-electron chi connectivity index (χ3n) is 0. The van der Waals surface area contributed by atoms with Gasteiger partial charge >= 0.3 is 28.3 Å². The quantitative estimate of drug-likeness (QED) is 0.404. The van der Waals surface area contributed by atoms with Gasteiger partial charge in [0, 0.05) is 0 Å². The predicted molar refractivity (Wildman–Crippen MR) is 10.2 cm³/mol. The summed E-state index contributed by atoms with van der Waals surface area (Å²) in [6, 6.07) is 0. The van der Waals surface area contributed by atoms with E-state index in [1.54, 1.807) is 0 Å². The molecule has 5 heteroatoms. The molecule has 0 aliphatic heterocycles. The van der Waals surface area contributed by atoms with Crippen molar-refractivity contribution in [1.29, 1.82) is 0 Å². The van der Waals surface area contributed by atoms with Crippen LogP contribution in [0.2, 0.25) is 0 Å². The van der Waals surface area contributed by atoms with Crippen molar-refractivity contribution in [3.63, 3.8) is 0 Å². The number of hydrogen-bond acceptors (Lipinski definition) is 0. The van der Waals surface area contributed by atoms with E-state index in [0.717, 1.165) is 0 Å². The van der Waals surface area contributed by atoms with Gasteiger partial charge in [-0.1, -0.05) is 0 Å². The smallest absolute Gasteiger partial charge is 0.152 e. The van der Waals surface area contributed by atoms with Crippen LogP contribution in [-0.4, -0.2) is 0 Å². The Kier molecular flexibility index (Phi) is 8.99. The van der Waals surface area contributed by atoms with Crippen LogP contribution in [0.1, 0.15) is 0 Å². The maximum absolute atomic E-state index is 9.73. The third kappa shape index (κ3) is 55.1. The Bertz CT molecular complexity index is 11.6. The van der Waals surface area contributed by atoms with E-state index in [1.165, 1.54) is 0 Å². The summed E-state index contributed by atoms with van der Waals surface area (Å²) in [5, 5.41) is 0. The molecule has 0 aromatic rings. The molecule has 0 bridgehead atoms. The SMILES string of the molecule is FP(F)F.[Ru+2]. The fraction of sp³-hybridized carbons (Fsp3) is 0. The summed E-state index contributed by atoms with van der Waals surface area (Å²) in [4.78, 5) is 0. The van der Waals surface area contributed by atoms with E-state index in [0.29, 0.717) is 0 Å². The fourth-order valence-corrected chi connectivity index (χ4v) is 0. The normalized spacial score (nSPS) is 7.20. The molecule has 0 aliphatic carbocycles. The van der Waals surface area contributed by atoms with E-state index >= 15 is 0 Å². The molecule has 0 saturated carbocycles. The zero-order valence-corrected chi connectivity index (χ0v) is 4.57. The van der Waals surface area contributed by atoms with E-state index in [1.807, 2.05) is 0 Å². The van der Waals surface area contributed by atoms with Gasteiger partial charge in [-0.2, -0.15) is 12.6 Å². The van der Waals surface area contributed by atoms with Gasteiger partial charge in [0.1, 0.15) is 0 Å². The Morgan fingerprint density at radius 3 is 1.00 bits per heavy atom. The summed E-state index contributed by atoms with van der Waals surface area (Å²) in [5.74, 6) is 0. The van der Waals surface area contributed by atoms with Crippen LogP contribution >= 0.6 is 8.85 Å². The van der Waals surface area contributed by atoms with Crippen LogP contribution in [0.3, 0.4) is 0 Å². The molecule has 0 spiro atoms. The van der Waals surface area contributed by atoms with Gasteiger partial charge in [0.05, 0.1) is 0 Å². The summed E-state index contributed by atoms with van der Waals surface area (Å²) >= 11 is 0. The molecule has 0 aliphatic rings. The van der Waals surface area contributed by atoms with E-state index in [-0.39, 0.29) is 19.5 Å². The van der Waals surface area contributed by atoms with Crippen molar-refractivity contribution in [3.8, 4) is 0 Å². The number of rotatable bonds is 0. The molecule has 5 heavy (non-hydrogen) atoms. The van der Waals surface area contributed by atoms with Gasteiger partial charge < -0.3 is 0 Å². The molecular formula is F3PRu+2. The van der Waals surface area contributed by atoms with E-state index in [2.05, 4.69) is 0 Å². The first-order chi connectivity index (χ1) is 1.73. The van der Waals surface area contributed by atoms with E-state index < -0.39 is 8.85 Å². The van der Waals surface area contributed by atoms with Gasteiger partial charge in [0.25, 0.3) is 0 Å². The molecule has 0 atom stereocenters. The van der Waals surface area contributed by atoms with Crippen LogP contribution in [0.5, 0.6) is 0 Å². The molecule has 32 valence electrons. The summed E-state index contributed by atoms with van der Waals surface area (Å²) in [7, 11) is -4.12.